The van der Waals surface area contributed by atoms with Gasteiger partial charge in [-0.3, -0.25) is 4.57 Å². The highest BCUT2D eigenvalue weighted by Crippen LogP contribution is 2.32. The third kappa shape index (κ3) is 2.31. The van der Waals surface area contributed by atoms with Gasteiger partial charge in [0.15, 0.2) is 5.65 Å². The van der Waals surface area contributed by atoms with Crippen LogP contribution in [0.4, 0.5) is 0 Å². The average Bonchev–Trinajstić information content (AvgIpc) is 3.00. The van der Waals surface area contributed by atoms with E-state index >= 15 is 0 Å². The Morgan fingerprint density at radius 2 is 1.76 bits per heavy atom. The van der Waals surface area contributed by atoms with E-state index in [9.17, 15) is 0 Å². The Morgan fingerprint density at radius 1 is 0.952 bits per heavy atom. The highest BCUT2D eigenvalue weighted by Gasteiger charge is 2.15. The summed E-state index contributed by atoms with van der Waals surface area (Å²) in [5.41, 5.74) is 4.26. The maximum Gasteiger partial charge on any atom is 0.167 e. The average molecular weight is 278 g/mol. The third-order valence-corrected chi connectivity index (χ3v) is 4.46. The van der Waals surface area contributed by atoms with Gasteiger partial charge in [0.2, 0.25) is 0 Å². The largest absolute Gasteiger partial charge is 0.283 e. The monoisotopic (exact) mass is 278 g/mol. The Kier molecular flexibility index (Phi) is 3.14. The van der Waals surface area contributed by atoms with Crippen molar-refractivity contribution in [2.45, 2.75) is 38.0 Å². The Balaban J connectivity index is 1.67. The first-order valence-corrected chi connectivity index (χ1v) is 7.65. The van der Waals surface area contributed by atoms with E-state index in [4.69, 9.17) is 0 Å². The summed E-state index contributed by atoms with van der Waals surface area (Å²) in [6, 6.07) is 8.87. The van der Waals surface area contributed by atoms with Crippen LogP contribution in [-0.4, -0.2) is 19.5 Å². The fraction of sp³-hybridized carbons (Fsp3) is 0.353. The van der Waals surface area contributed by atoms with Crippen molar-refractivity contribution in [3.8, 4) is 5.69 Å². The molecule has 0 unspecified atom stereocenters. The molecule has 0 bridgehead atoms. The Bertz CT molecular complexity index is 739. The van der Waals surface area contributed by atoms with Crippen molar-refractivity contribution < 1.29 is 0 Å². The van der Waals surface area contributed by atoms with Gasteiger partial charge in [0.25, 0.3) is 0 Å². The lowest BCUT2D eigenvalue weighted by atomic mass is 9.84. The Hall–Kier alpha value is -2.23. The number of rotatable bonds is 2. The van der Waals surface area contributed by atoms with Crippen LogP contribution in [0.25, 0.3) is 16.9 Å². The number of nitrogens with zero attached hydrogens (tertiary/aromatic N) is 4. The predicted octanol–water partition coefficient (Wildman–Crippen LogP) is 3.86. The summed E-state index contributed by atoms with van der Waals surface area (Å²) < 4.78 is 2.02. The minimum atomic E-state index is 0.745. The van der Waals surface area contributed by atoms with E-state index in [-0.39, 0.29) is 0 Å². The van der Waals surface area contributed by atoms with Crippen molar-refractivity contribution in [3.63, 3.8) is 0 Å². The SMILES string of the molecule is c1ncc2ncn(-c3ccc(C4CCCCC4)cc3)c2n1. The van der Waals surface area contributed by atoms with Gasteiger partial charge in [-0.05, 0) is 36.5 Å². The topological polar surface area (TPSA) is 43.6 Å². The van der Waals surface area contributed by atoms with Crippen molar-refractivity contribution >= 4 is 11.2 Å². The minimum absolute atomic E-state index is 0.745. The molecule has 0 N–H and O–H groups in total. The molecule has 0 atom stereocenters. The zero-order valence-electron chi connectivity index (χ0n) is 11.9. The summed E-state index contributed by atoms with van der Waals surface area (Å²) in [6.45, 7) is 0. The molecule has 1 saturated carbocycles. The summed E-state index contributed by atoms with van der Waals surface area (Å²) >= 11 is 0. The normalized spacial score (nSPS) is 16.4. The molecule has 1 aromatic carbocycles. The van der Waals surface area contributed by atoms with Crippen molar-refractivity contribution in [3.05, 3.63) is 48.7 Å². The van der Waals surface area contributed by atoms with Gasteiger partial charge >= 0.3 is 0 Å². The van der Waals surface area contributed by atoms with Crippen molar-refractivity contribution in [2.24, 2.45) is 0 Å². The first-order valence-electron chi connectivity index (χ1n) is 7.65. The molecule has 4 heteroatoms. The number of benzene rings is 1. The molecular weight excluding hydrogens is 260 g/mol. The van der Waals surface area contributed by atoms with Gasteiger partial charge in [-0.15, -0.1) is 0 Å². The molecule has 3 aromatic rings. The van der Waals surface area contributed by atoms with Crippen LogP contribution >= 0.6 is 0 Å². The van der Waals surface area contributed by atoms with Crippen LogP contribution in [0.5, 0.6) is 0 Å². The van der Waals surface area contributed by atoms with E-state index in [1.165, 1.54) is 37.7 Å². The number of aromatic nitrogens is 4. The van der Waals surface area contributed by atoms with Crippen LogP contribution < -0.4 is 0 Å². The van der Waals surface area contributed by atoms with E-state index in [1.807, 2.05) is 10.9 Å². The number of hydrogen-bond acceptors (Lipinski definition) is 3. The molecule has 0 amide bonds. The second kappa shape index (κ2) is 5.28. The molecule has 1 aliphatic carbocycles. The Labute approximate surface area is 123 Å². The van der Waals surface area contributed by atoms with Gasteiger partial charge < -0.3 is 0 Å². The van der Waals surface area contributed by atoms with E-state index in [2.05, 4.69) is 39.2 Å². The van der Waals surface area contributed by atoms with Crippen LogP contribution in [0.1, 0.15) is 43.6 Å². The summed E-state index contributed by atoms with van der Waals surface area (Å²) in [5.74, 6) is 0.745. The molecule has 0 spiro atoms. The maximum atomic E-state index is 4.35. The van der Waals surface area contributed by atoms with Crippen LogP contribution in [0.3, 0.4) is 0 Å². The molecule has 0 aliphatic heterocycles. The third-order valence-electron chi connectivity index (χ3n) is 4.46. The van der Waals surface area contributed by atoms with E-state index in [0.717, 1.165) is 22.8 Å². The van der Waals surface area contributed by atoms with Crippen LogP contribution in [0.15, 0.2) is 43.1 Å². The second-order valence-corrected chi connectivity index (χ2v) is 5.77. The fourth-order valence-corrected chi connectivity index (χ4v) is 3.30. The van der Waals surface area contributed by atoms with Gasteiger partial charge in [0.1, 0.15) is 18.2 Å². The van der Waals surface area contributed by atoms with Crippen LogP contribution in [0.2, 0.25) is 0 Å². The molecule has 0 saturated heterocycles. The first kappa shape index (κ1) is 12.5. The molecule has 2 heterocycles. The maximum absolute atomic E-state index is 4.35. The quantitative estimate of drug-likeness (QED) is 0.715. The van der Waals surface area contributed by atoms with E-state index in [0.29, 0.717) is 0 Å². The molecule has 4 rings (SSSR count). The van der Waals surface area contributed by atoms with Gasteiger partial charge in [0.05, 0.1) is 6.20 Å². The molecule has 1 fully saturated rings. The second-order valence-electron chi connectivity index (χ2n) is 5.77. The summed E-state index contributed by atoms with van der Waals surface area (Å²) in [5, 5.41) is 0. The van der Waals surface area contributed by atoms with E-state index < -0.39 is 0 Å². The predicted molar refractivity (Wildman–Crippen MR) is 82.5 cm³/mol. The fourth-order valence-electron chi connectivity index (χ4n) is 3.30. The minimum Gasteiger partial charge on any atom is -0.283 e. The van der Waals surface area contributed by atoms with Crippen LogP contribution in [0, 0.1) is 0 Å². The Morgan fingerprint density at radius 3 is 2.57 bits per heavy atom. The van der Waals surface area contributed by atoms with Gasteiger partial charge in [-0.2, -0.15) is 0 Å². The number of hydrogen-bond donors (Lipinski definition) is 0. The lowest BCUT2D eigenvalue weighted by molar-refractivity contribution is 0.443. The molecule has 4 nitrogen and oxygen atoms in total. The molecular formula is C17H18N4. The van der Waals surface area contributed by atoms with Crippen molar-refractivity contribution in [1.29, 1.82) is 0 Å². The van der Waals surface area contributed by atoms with Gasteiger partial charge in [-0.25, -0.2) is 15.0 Å². The molecule has 2 aromatic heterocycles. The summed E-state index contributed by atoms with van der Waals surface area (Å²) in [4.78, 5) is 12.7. The molecule has 1 aliphatic rings. The molecule has 106 valence electrons. The van der Waals surface area contributed by atoms with Crippen LogP contribution in [-0.2, 0) is 0 Å². The van der Waals surface area contributed by atoms with Crippen molar-refractivity contribution in [2.75, 3.05) is 0 Å². The molecule has 0 radical (unpaired) electrons. The lowest BCUT2D eigenvalue weighted by Gasteiger charge is -2.22. The zero-order valence-corrected chi connectivity index (χ0v) is 11.9. The smallest absolute Gasteiger partial charge is 0.167 e. The van der Waals surface area contributed by atoms with Crippen molar-refractivity contribution in [1.82, 2.24) is 19.5 Å². The highest BCUT2D eigenvalue weighted by molar-refractivity contribution is 5.71. The molecule has 21 heavy (non-hydrogen) atoms. The van der Waals surface area contributed by atoms with Gasteiger partial charge in [0, 0.05) is 5.69 Å². The first-order chi connectivity index (χ1) is 10.4. The lowest BCUT2D eigenvalue weighted by Crippen LogP contribution is -2.04. The number of fused-ring (bicyclic) bond motifs is 1. The van der Waals surface area contributed by atoms with Gasteiger partial charge in [-0.1, -0.05) is 31.4 Å². The summed E-state index contributed by atoms with van der Waals surface area (Å²) in [7, 11) is 0. The standard InChI is InChI=1S/C17H18N4/c1-2-4-13(5-3-1)14-6-8-15(9-7-14)21-12-20-16-10-18-11-19-17(16)21/h6-13H,1-5H2. The van der Waals surface area contributed by atoms with E-state index in [1.54, 1.807) is 12.5 Å². The highest BCUT2D eigenvalue weighted by atomic mass is 15.1. The summed E-state index contributed by atoms with van der Waals surface area (Å²) in [6.07, 6.45) is 11.9. The number of imidazole rings is 1. The zero-order chi connectivity index (χ0) is 14.1.